The summed E-state index contributed by atoms with van der Waals surface area (Å²) in [6.07, 6.45) is 4.60. The first-order chi connectivity index (χ1) is 9.24. The van der Waals surface area contributed by atoms with Crippen LogP contribution in [0.5, 0.6) is 0 Å². The molecule has 0 aromatic heterocycles. The average Bonchev–Trinajstić information content (AvgIpc) is 2.48. The van der Waals surface area contributed by atoms with E-state index in [0.717, 1.165) is 18.5 Å². The van der Waals surface area contributed by atoms with Crippen molar-refractivity contribution in [2.24, 2.45) is 0 Å². The highest BCUT2D eigenvalue weighted by Crippen LogP contribution is 2.24. The number of carbonyl (C=O) groups excluding carboxylic acids is 1. The predicted octanol–water partition coefficient (Wildman–Crippen LogP) is 2.42. The van der Waals surface area contributed by atoms with Crippen molar-refractivity contribution in [2.45, 2.75) is 37.8 Å². The molecular weight excluding hydrogens is 240 g/mol. The van der Waals surface area contributed by atoms with Crippen LogP contribution in [0, 0.1) is 0 Å². The highest BCUT2D eigenvalue weighted by Gasteiger charge is 2.21. The van der Waals surface area contributed by atoms with Crippen LogP contribution in [0.1, 0.15) is 36.0 Å². The van der Waals surface area contributed by atoms with Gasteiger partial charge in [-0.2, -0.15) is 0 Å². The van der Waals surface area contributed by atoms with E-state index in [1.165, 1.54) is 20.0 Å². The van der Waals surface area contributed by atoms with Crippen molar-refractivity contribution in [1.29, 1.82) is 0 Å². The smallest absolute Gasteiger partial charge is 0.339 e. The van der Waals surface area contributed by atoms with Gasteiger partial charge in [-0.15, -0.1) is 0 Å². The molecule has 0 radical (unpaired) electrons. The molecule has 0 spiro atoms. The van der Waals surface area contributed by atoms with E-state index in [9.17, 15) is 4.79 Å². The van der Waals surface area contributed by atoms with Crippen LogP contribution in [-0.4, -0.2) is 32.2 Å². The molecule has 104 valence electrons. The first-order valence-electron chi connectivity index (χ1n) is 6.85. The summed E-state index contributed by atoms with van der Waals surface area (Å²) < 4.78 is 4.81. The molecule has 4 nitrogen and oxygen atoms in total. The first kappa shape index (κ1) is 13.9. The Morgan fingerprint density at radius 2 is 1.79 bits per heavy atom. The quantitative estimate of drug-likeness (QED) is 0.818. The highest BCUT2D eigenvalue weighted by atomic mass is 16.5. The third-order valence-electron chi connectivity index (χ3n) is 3.83. The van der Waals surface area contributed by atoms with Gasteiger partial charge in [0.05, 0.1) is 12.7 Å². The Labute approximate surface area is 114 Å². The van der Waals surface area contributed by atoms with E-state index in [-0.39, 0.29) is 5.97 Å². The largest absolute Gasteiger partial charge is 0.465 e. The molecule has 0 amide bonds. The van der Waals surface area contributed by atoms with Crippen molar-refractivity contribution in [3.05, 3.63) is 29.8 Å². The van der Waals surface area contributed by atoms with E-state index >= 15 is 0 Å². The van der Waals surface area contributed by atoms with Crippen molar-refractivity contribution in [2.75, 3.05) is 19.5 Å². The van der Waals surface area contributed by atoms with Crippen LogP contribution in [0.2, 0.25) is 0 Å². The summed E-state index contributed by atoms with van der Waals surface area (Å²) in [7, 11) is 3.43. The fourth-order valence-electron chi connectivity index (χ4n) is 2.64. The molecule has 0 saturated heterocycles. The van der Waals surface area contributed by atoms with E-state index in [1.807, 2.05) is 25.2 Å². The molecule has 0 heterocycles. The summed E-state index contributed by atoms with van der Waals surface area (Å²) in [6.45, 7) is 0. The molecule has 0 unspecified atom stereocenters. The van der Waals surface area contributed by atoms with Crippen molar-refractivity contribution in [1.82, 2.24) is 5.32 Å². The Morgan fingerprint density at radius 3 is 2.42 bits per heavy atom. The molecule has 1 aliphatic carbocycles. The lowest BCUT2D eigenvalue weighted by Crippen LogP contribution is -2.35. The summed E-state index contributed by atoms with van der Waals surface area (Å²) in [6, 6.07) is 8.61. The zero-order valence-corrected chi connectivity index (χ0v) is 11.6. The van der Waals surface area contributed by atoms with Crippen LogP contribution in [0.4, 0.5) is 5.69 Å². The maximum Gasteiger partial charge on any atom is 0.339 e. The molecule has 4 heteroatoms. The van der Waals surface area contributed by atoms with Crippen molar-refractivity contribution >= 4 is 11.7 Å². The van der Waals surface area contributed by atoms with Crippen LogP contribution < -0.4 is 10.6 Å². The number of esters is 1. The van der Waals surface area contributed by atoms with Gasteiger partial charge in [-0.3, -0.25) is 0 Å². The minimum Gasteiger partial charge on any atom is -0.465 e. The Morgan fingerprint density at radius 1 is 1.16 bits per heavy atom. The fraction of sp³-hybridized carbons (Fsp3) is 0.533. The van der Waals surface area contributed by atoms with Gasteiger partial charge < -0.3 is 15.4 Å². The number of ether oxygens (including phenoxy) is 1. The predicted molar refractivity (Wildman–Crippen MR) is 76.5 cm³/mol. The second-order valence-electron chi connectivity index (χ2n) is 5.02. The van der Waals surface area contributed by atoms with Gasteiger partial charge in [0, 0.05) is 17.8 Å². The second kappa shape index (κ2) is 6.57. The third kappa shape index (κ3) is 3.47. The Hall–Kier alpha value is -1.55. The Bertz CT molecular complexity index is 426. The number of carbonyl (C=O) groups is 1. The third-order valence-corrected chi connectivity index (χ3v) is 3.83. The molecule has 19 heavy (non-hydrogen) atoms. The maximum absolute atomic E-state index is 11.7. The molecule has 1 saturated carbocycles. The van der Waals surface area contributed by atoms with Gasteiger partial charge in [-0.1, -0.05) is 12.1 Å². The maximum atomic E-state index is 11.7. The summed E-state index contributed by atoms with van der Waals surface area (Å²) in [5.41, 5.74) is 1.49. The second-order valence-corrected chi connectivity index (χ2v) is 5.02. The summed E-state index contributed by atoms with van der Waals surface area (Å²) >= 11 is 0. The number of nitrogens with one attached hydrogen (secondary N) is 2. The highest BCUT2D eigenvalue weighted by molar-refractivity contribution is 5.95. The van der Waals surface area contributed by atoms with E-state index in [1.54, 1.807) is 6.07 Å². The lowest BCUT2D eigenvalue weighted by molar-refractivity contribution is 0.0601. The van der Waals surface area contributed by atoms with Gasteiger partial charge in [0.2, 0.25) is 0 Å². The monoisotopic (exact) mass is 262 g/mol. The molecule has 1 aliphatic rings. The zero-order valence-electron chi connectivity index (χ0n) is 11.6. The van der Waals surface area contributed by atoms with Crippen LogP contribution >= 0.6 is 0 Å². The molecule has 0 atom stereocenters. The zero-order chi connectivity index (χ0) is 13.7. The Kier molecular flexibility index (Phi) is 4.80. The minimum absolute atomic E-state index is 0.285. The lowest BCUT2D eigenvalue weighted by atomic mass is 9.91. The van der Waals surface area contributed by atoms with Crippen molar-refractivity contribution < 1.29 is 9.53 Å². The van der Waals surface area contributed by atoms with Crippen LogP contribution in [0.3, 0.4) is 0 Å². The molecule has 1 fully saturated rings. The van der Waals surface area contributed by atoms with Crippen LogP contribution in [0.25, 0.3) is 0 Å². The van der Waals surface area contributed by atoms with Crippen molar-refractivity contribution in [3.63, 3.8) is 0 Å². The first-order valence-corrected chi connectivity index (χ1v) is 6.85. The molecule has 0 aliphatic heterocycles. The number of benzene rings is 1. The normalized spacial score (nSPS) is 22.8. The summed E-state index contributed by atoms with van der Waals surface area (Å²) in [4.78, 5) is 11.7. The van der Waals surface area contributed by atoms with E-state index in [0.29, 0.717) is 17.6 Å². The number of hydrogen-bond donors (Lipinski definition) is 2. The van der Waals surface area contributed by atoms with Crippen molar-refractivity contribution in [3.8, 4) is 0 Å². The SMILES string of the molecule is CNC1CCC(Nc2ccccc2C(=O)OC)CC1. The average molecular weight is 262 g/mol. The van der Waals surface area contributed by atoms with E-state index in [4.69, 9.17) is 4.74 Å². The minimum atomic E-state index is -0.285. The van der Waals surface area contributed by atoms with Crippen LogP contribution in [-0.2, 0) is 4.74 Å². The molecule has 2 N–H and O–H groups in total. The number of methoxy groups -OCH3 is 1. The topological polar surface area (TPSA) is 50.4 Å². The number of rotatable bonds is 4. The van der Waals surface area contributed by atoms with Gasteiger partial charge >= 0.3 is 5.97 Å². The molecule has 0 bridgehead atoms. The van der Waals surface area contributed by atoms with Gasteiger partial charge in [0.15, 0.2) is 0 Å². The van der Waals surface area contributed by atoms with Crippen LogP contribution in [0.15, 0.2) is 24.3 Å². The van der Waals surface area contributed by atoms with Gasteiger partial charge in [-0.05, 0) is 44.9 Å². The molecule has 2 rings (SSSR count). The molecule has 1 aromatic rings. The summed E-state index contributed by atoms with van der Waals surface area (Å²) in [5.74, 6) is -0.285. The van der Waals surface area contributed by atoms with Gasteiger partial charge in [-0.25, -0.2) is 4.79 Å². The number of hydrogen-bond acceptors (Lipinski definition) is 4. The summed E-state index contributed by atoms with van der Waals surface area (Å²) in [5, 5.41) is 6.81. The van der Waals surface area contributed by atoms with Gasteiger partial charge in [0.25, 0.3) is 0 Å². The standard InChI is InChI=1S/C15H22N2O2/c1-16-11-7-9-12(10-8-11)17-14-6-4-3-5-13(14)15(18)19-2/h3-6,11-12,16-17H,7-10H2,1-2H3. The fourth-order valence-corrected chi connectivity index (χ4v) is 2.64. The molecule has 1 aromatic carbocycles. The Balaban J connectivity index is 2.01. The lowest BCUT2D eigenvalue weighted by Gasteiger charge is -2.30. The van der Waals surface area contributed by atoms with E-state index < -0.39 is 0 Å². The number of para-hydroxylation sites is 1. The number of anilines is 1. The molecular formula is C15H22N2O2. The van der Waals surface area contributed by atoms with Gasteiger partial charge in [0.1, 0.15) is 0 Å². The van der Waals surface area contributed by atoms with E-state index in [2.05, 4.69) is 10.6 Å².